The fourth-order valence-corrected chi connectivity index (χ4v) is 2.79. The molecule has 1 aromatic carbocycles. The van der Waals surface area contributed by atoms with Crippen LogP contribution < -0.4 is 5.32 Å². The third kappa shape index (κ3) is 2.22. The molecule has 0 saturated carbocycles. The molecular formula is C15H18FN3O. The highest BCUT2D eigenvalue weighted by Crippen LogP contribution is 2.34. The first-order valence-corrected chi connectivity index (χ1v) is 7.05. The summed E-state index contributed by atoms with van der Waals surface area (Å²) in [6, 6.07) is 6.50. The zero-order valence-electron chi connectivity index (χ0n) is 11.5. The van der Waals surface area contributed by atoms with Gasteiger partial charge in [-0.05, 0) is 37.9 Å². The van der Waals surface area contributed by atoms with Crippen LogP contribution in [0.5, 0.6) is 0 Å². The molecule has 20 heavy (non-hydrogen) atoms. The smallest absolute Gasteiger partial charge is 0.234 e. The molecule has 1 atom stereocenters. The number of hydrogen-bond donors (Lipinski definition) is 1. The van der Waals surface area contributed by atoms with Crippen LogP contribution in [0.25, 0.3) is 11.4 Å². The van der Waals surface area contributed by atoms with Crippen molar-refractivity contribution >= 4 is 0 Å². The Labute approximate surface area is 117 Å². The molecule has 2 aromatic rings. The van der Waals surface area contributed by atoms with Gasteiger partial charge in [0.15, 0.2) is 0 Å². The van der Waals surface area contributed by atoms with E-state index in [0.717, 1.165) is 32.4 Å². The van der Waals surface area contributed by atoms with E-state index in [1.165, 1.54) is 6.07 Å². The minimum atomic E-state index is -0.327. The van der Waals surface area contributed by atoms with E-state index in [4.69, 9.17) is 4.52 Å². The molecule has 1 unspecified atom stereocenters. The fourth-order valence-electron chi connectivity index (χ4n) is 2.79. The number of nitrogens with zero attached hydrogens (tertiary/aromatic N) is 2. The molecule has 0 spiro atoms. The highest BCUT2D eigenvalue weighted by atomic mass is 19.1. The predicted molar refractivity (Wildman–Crippen MR) is 73.8 cm³/mol. The van der Waals surface area contributed by atoms with Gasteiger partial charge in [-0.2, -0.15) is 4.98 Å². The Balaban J connectivity index is 1.95. The van der Waals surface area contributed by atoms with Crippen molar-refractivity contribution in [2.24, 2.45) is 0 Å². The lowest BCUT2D eigenvalue weighted by atomic mass is 9.78. The number of piperidine rings is 1. The lowest BCUT2D eigenvalue weighted by Crippen LogP contribution is -2.43. The standard InChI is InChI=1S/C15H18FN3O/c1-2-15(8-5-9-17-10-15)14-18-13(19-20-14)11-6-3-4-7-12(11)16/h3-4,6-7,17H,2,5,8-10H2,1H3. The van der Waals surface area contributed by atoms with E-state index in [2.05, 4.69) is 22.4 Å². The summed E-state index contributed by atoms with van der Waals surface area (Å²) in [5.74, 6) is 0.620. The fraction of sp³-hybridized carbons (Fsp3) is 0.467. The lowest BCUT2D eigenvalue weighted by Gasteiger charge is -2.33. The molecule has 0 aliphatic carbocycles. The summed E-state index contributed by atoms with van der Waals surface area (Å²) in [5.41, 5.74) is 0.270. The first-order valence-electron chi connectivity index (χ1n) is 7.05. The summed E-state index contributed by atoms with van der Waals surface area (Å²) in [6.07, 6.45) is 3.04. The van der Waals surface area contributed by atoms with Gasteiger partial charge in [-0.15, -0.1) is 0 Å². The maximum Gasteiger partial charge on any atom is 0.234 e. The van der Waals surface area contributed by atoms with E-state index < -0.39 is 0 Å². The monoisotopic (exact) mass is 275 g/mol. The molecule has 0 amide bonds. The van der Waals surface area contributed by atoms with E-state index in [-0.39, 0.29) is 11.2 Å². The molecule has 4 nitrogen and oxygen atoms in total. The Kier molecular flexibility index (Phi) is 3.53. The second-order valence-electron chi connectivity index (χ2n) is 5.32. The molecular weight excluding hydrogens is 257 g/mol. The van der Waals surface area contributed by atoms with Crippen LogP contribution in [-0.4, -0.2) is 23.2 Å². The maximum absolute atomic E-state index is 13.8. The van der Waals surface area contributed by atoms with E-state index in [9.17, 15) is 4.39 Å². The summed E-state index contributed by atoms with van der Waals surface area (Å²) in [6.45, 7) is 3.98. The zero-order chi connectivity index (χ0) is 14.0. The van der Waals surface area contributed by atoms with Gasteiger partial charge in [-0.25, -0.2) is 4.39 Å². The van der Waals surface area contributed by atoms with Crippen LogP contribution in [0.15, 0.2) is 28.8 Å². The highest BCUT2D eigenvalue weighted by Gasteiger charge is 2.37. The first kappa shape index (κ1) is 13.2. The van der Waals surface area contributed by atoms with Crippen molar-refractivity contribution in [1.29, 1.82) is 0 Å². The van der Waals surface area contributed by atoms with Crippen molar-refractivity contribution in [3.05, 3.63) is 36.0 Å². The van der Waals surface area contributed by atoms with E-state index in [0.29, 0.717) is 17.3 Å². The Bertz CT molecular complexity index is 590. The summed E-state index contributed by atoms with van der Waals surface area (Å²) in [7, 11) is 0. The number of hydrogen-bond acceptors (Lipinski definition) is 4. The average molecular weight is 275 g/mol. The quantitative estimate of drug-likeness (QED) is 0.935. The van der Waals surface area contributed by atoms with Crippen molar-refractivity contribution in [3.8, 4) is 11.4 Å². The van der Waals surface area contributed by atoms with Gasteiger partial charge in [-0.1, -0.05) is 24.2 Å². The van der Waals surface area contributed by atoms with E-state index >= 15 is 0 Å². The third-order valence-corrected chi connectivity index (χ3v) is 4.14. The molecule has 2 heterocycles. The predicted octanol–water partition coefficient (Wildman–Crippen LogP) is 2.91. The van der Waals surface area contributed by atoms with Crippen LogP contribution in [0.2, 0.25) is 0 Å². The lowest BCUT2D eigenvalue weighted by molar-refractivity contribution is 0.221. The van der Waals surface area contributed by atoms with Crippen molar-refractivity contribution in [2.75, 3.05) is 13.1 Å². The molecule has 0 bridgehead atoms. The van der Waals surface area contributed by atoms with E-state index in [1.54, 1.807) is 18.2 Å². The van der Waals surface area contributed by atoms with Gasteiger partial charge in [0.25, 0.3) is 0 Å². The summed E-state index contributed by atoms with van der Waals surface area (Å²) >= 11 is 0. The molecule has 5 heteroatoms. The second kappa shape index (κ2) is 5.32. The van der Waals surface area contributed by atoms with Gasteiger partial charge in [0.1, 0.15) is 5.82 Å². The topological polar surface area (TPSA) is 51.0 Å². The van der Waals surface area contributed by atoms with Gasteiger partial charge in [0.2, 0.25) is 11.7 Å². The minimum absolute atomic E-state index is 0.116. The Morgan fingerprint density at radius 1 is 1.40 bits per heavy atom. The van der Waals surface area contributed by atoms with Gasteiger partial charge < -0.3 is 9.84 Å². The van der Waals surface area contributed by atoms with Crippen LogP contribution in [0.1, 0.15) is 32.1 Å². The number of rotatable bonds is 3. The molecule has 3 rings (SSSR count). The molecule has 1 fully saturated rings. The average Bonchev–Trinajstić information content (AvgIpc) is 2.98. The van der Waals surface area contributed by atoms with Gasteiger partial charge in [0.05, 0.1) is 11.0 Å². The summed E-state index contributed by atoms with van der Waals surface area (Å²) in [4.78, 5) is 4.45. The van der Waals surface area contributed by atoms with Gasteiger partial charge in [-0.3, -0.25) is 0 Å². The summed E-state index contributed by atoms with van der Waals surface area (Å²) < 4.78 is 19.2. The van der Waals surface area contributed by atoms with Gasteiger partial charge in [0, 0.05) is 6.54 Å². The molecule has 1 aromatic heterocycles. The number of halogens is 1. The van der Waals surface area contributed by atoms with Gasteiger partial charge >= 0.3 is 0 Å². The SMILES string of the molecule is CCC1(c2nc(-c3ccccc3F)no2)CCCNC1. The number of nitrogens with one attached hydrogen (secondary N) is 1. The molecule has 1 aliphatic rings. The van der Waals surface area contributed by atoms with Crippen LogP contribution in [0, 0.1) is 5.82 Å². The van der Waals surface area contributed by atoms with Crippen molar-refractivity contribution in [2.45, 2.75) is 31.6 Å². The van der Waals surface area contributed by atoms with Crippen LogP contribution in [0.3, 0.4) is 0 Å². The Morgan fingerprint density at radius 2 is 2.25 bits per heavy atom. The molecule has 1 N–H and O–H groups in total. The highest BCUT2D eigenvalue weighted by molar-refractivity contribution is 5.54. The zero-order valence-corrected chi connectivity index (χ0v) is 11.5. The maximum atomic E-state index is 13.8. The molecule has 106 valence electrons. The molecule has 1 aliphatic heterocycles. The van der Waals surface area contributed by atoms with Crippen LogP contribution in [0.4, 0.5) is 4.39 Å². The van der Waals surface area contributed by atoms with Crippen molar-refractivity contribution in [3.63, 3.8) is 0 Å². The van der Waals surface area contributed by atoms with E-state index in [1.807, 2.05) is 0 Å². The normalized spacial score (nSPS) is 22.9. The Morgan fingerprint density at radius 3 is 2.95 bits per heavy atom. The second-order valence-corrected chi connectivity index (χ2v) is 5.32. The minimum Gasteiger partial charge on any atom is -0.338 e. The van der Waals surface area contributed by atoms with Crippen LogP contribution >= 0.6 is 0 Å². The molecule has 0 radical (unpaired) electrons. The van der Waals surface area contributed by atoms with Crippen molar-refractivity contribution < 1.29 is 8.91 Å². The molecule has 1 saturated heterocycles. The first-order chi connectivity index (χ1) is 9.75. The largest absolute Gasteiger partial charge is 0.338 e. The van der Waals surface area contributed by atoms with Crippen LogP contribution in [-0.2, 0) is 5.41 Å². The number of benzene rings is 1. The third-order valence-electron chi connectivity index (χ3n) is 4.14. The Hall–Kier alpha value is -1.75. The number of aromatic nitrogens is 2. The van der Waals surface area contributed by atoms with Crippen molar-refractivity contribution in [1.82, 2.24) is 15.5 Å². The summed E-state index contributed by atoms with van der Waals surface area (Å²) in [5, 5.41) is 7.35.